The van der Waals surface area contributed by atoms with E-state index in [0.29, 0.717) is 22.4 Å². The van der Waals surface area contributed by atoms with Crippen LogP contribution in [0.4, 0.5) is 5.69 Å². The second-order valence-electron chi connectivity index (χ2n) is 6.62. The first-order chi connectivity index (χ1) is 14.0. The van der Waals surface area contributed by atoms with E-state index >= 15 is 0 Å². The summed E-state index contributed by atoms with van der Waals surface area (Å²) < 4.78 is 5.28. The van der Waals surface area contributed by atoms with Crippen molar-refractivity contribution < 1.29 is 19.1 Å². The summed E-state index contributed by atoms with van der Waals surface area (Å²) >= 11 is 0. The van der Waals surface area contributed by atoms with E-state index in [9.17, 15) is 14.4 Å². The standard InChI is InChI=1S/C24H21NO4/c1-16-8-6-7-11-21(16)23(27)25-20-14-12-19(13-15-20)24(28)29-17(2)22(26)18-9-4-3-5-10-18/h3-15,17H,1-2H3,(H,25,27). The number of esters is 1. The Labute approximate surface area is 169 Å². The molecular weight excluding hydrogens is 366 g/mol. The van der Waals surface area contributed by atoms with Crippen LogP contribution in [0.5, 0.6) is 0 Å². The minimum absolute atomic E-state index is 0.222. The molecule has 5 heteroatoms. The minimum Gasteiger partial charge on any atom is -0.451 e. The van der Waals surface area contributed by atoms with Gasteiger partial charge in [-0.1, -0.05) is 48.5 Å². The maximum Gasteiger partial charge on any atom is 0.338 e. The average molecular weight is 387 g/mol. The number of amides is 1. The number of nitrogens with one attached hydrogen (secondary N) is 1. The van der Waals surface area contributed by atoms with Crippen LogP contribution in [0.2, 0.25) is 0 Å². The van der Waals surface area contributed by atoms with E-state index in [0.717, 1.165) is 5.56 Å². The molecule has 0 spiro atoms. The van der Waals surface area contributed by atoms with Gasteiger partial charge in [-0.25, -0.2) is 4.79 Å². The summed E-state index contributed by atoms with van der Waals surface area (Å²) in [5.41, 5.74) is 2.81. The summed E-state index contributed by atoms with van der Waals surface area (Å²) in [7, 11) is 0. The zero-order valence-corrected chi connectivity index (χ0v) is 16.2. The molecule has 29 heavy (non-hydrogen) atoms. The van der Waals surface area contributed by atoms with Crippen LogP contribution in [0.3, 0.4) is 0 Å². The van der Waals surface area contributed by atoms with Gasteiger partial charge < -0.3 is 10.1 Å². The number of aryl methyl sites for hydroxylation is 1. The van der Waals surface area contributed by atoms with Gasteiger partial charge in [-0.05, 0) is 49.7 Å². The Kier molecular flexibility index (Phi) is 6.19. The van der Waals surface area contributed by atoms with Crippen LogP contribution in [0, 0.1) is 6.92 Å². The molecule has 146 valence electrons. The predicted molar refractivity (Wildman–Crippen MR) is 111 cm³/mol. The number of carbonyl (C=O) groups excluding carboxylic acids is 3. The fourth-order valence-electron chi connectivity index (χ4n) is 2.83. The number of carbonyl (C=O) groups is 3. The molecule has 1 N–H and O–H groups in total. The van der Waals surface area contributed by atoms with Crippen molar-refractivity contribution >= 4 is 23.3 Å². The average Bonchev–Trinajstić information content (AvgIpc) is 2.74. The molecule has 1 unspecified atom stereocenters. The van der Waals surface area contributed by atoms with Crippen LogP contribution in [-0.4, -0.2) is 23.8 Å². The molecule has 0 saturated heterocycles. The van der Waals surface area contributed by atoms with E-state index in [1.54, 1.807) is 67.6 Å². The lowest BCUT2D eigenvalue weighted by atomic mass is 10.1. The van der Waals surface area contributed by atoms with Gasteiger partial charge in [-0.15, -0.1) is 0 Å². The quantitative estimate of drug-likeness (QED) is 0.493. The molecule has 0 bridgehead atoms. The Hall–Kier alpha value is -3.73. The molecule has 0 saturated carbocycles. The molecule has 0 fully saturated rings. The van der Waals surface area contributed by atoms with Gasteiger partial charge in [0.15, 0.2) is 6.10 Å². The van der Waals surface area contributed by atoms with Crippen molar-refractivity contribution in [3.63, 3.8) is 0 Å². The molecule has 0 aliphatic carbocycles. The summed E-state index contributed by atoms with van der Waals surface area (Å²) in [5, 5.41) is 2.80. The van der Waals surface area contributed by atoms with Gasteiger partial charge in [0.05, 0.1) is 5.56 Å². The highest BCUT2D eigenvalue weighted by Gasteiger charge is 2.20. The number of benzene rings is 3. The molecule has 1 amide bonds. The summed E-state index contributed by atoms with van der Waals surface area (Å²) in [6.45, 7) is 3.41. The van der Waals surface area contributed by atoms with Crippen molar-refractivity contribution in [2.24, 2.45) is 0 Å². The van der Waals surface area contributed by atoms with E-state index in [-0.39, 0.29) is 11.7 Å². The van der Waals surface area contributed by atoms with Gasteiger partial charge in [-0.2, -0.15) is 0 Å². The number of ether oxygens (including phenoxy) is 1. The molecule has 3 aromatic rings. The summed E-state index contributed by atoms with van der Waals surface area (Å²) in [6.07, 6.45) is -0.898. The molecule has 5 nitrogen and oxygen atoms in total. The minimum atomic E-state index is -0.898. The van der Waals surface area contributed by atoms with Crippen molar-refractivity contribution in [1.82, 2.24) is 0 Å². The fraction of sp³-hybridized carbons (Fsp3) is 0.125. The van der Waals surface area contributed by atoms with Crippen molar-refractivity contribution in [3.8, 4) is 0 Å². The Morgan fingerprint density at radius 2 is 1.41 bits per heavy atom. The first kappa shape index (κ1) is 20.0. The maximum absolute atomic E-state index is 12.4. The number of anilines is 1. The first-order valence-corrected chi connectivity index (χ1v) is 9.23. The lowest BCUT2D eigenvalue weighted by Gasteiger charge is -2.13. The second-order valence-corrected chi connectivity index (χ2v) is 6.62. The van der Waals surface area contributed by atoms with Crippen LogP contribution < -0.4 is 5.32 Å². The van der Waals surface area contributed by atoms with E-state index < -0.39 is 12.1 Å². The van der Waals surface area contributed by atoms with Gasteiger partial charge in [0, 0.05) is 16.8 Å². The van der Waals surface area contributed by atoms with Gasteiger partial charge in [-0.3, -0.25) is 9.59 Å². The topological polar surface area (TPSA) is 72.5 Å². The van der Waals surface area contributed by atoms with Gasteiger partial charge in [0.1, 0.15) is 0 Å². The second kappa shape index (κ2) is 8.97. The molecule has 1 atom stereocenters. The van der Waals surface area contributed by atoms with E-state index in [1.807, 2.05) is 25.1 Å². The lowest BCUT2D eigenvalue weighted by molar-refractivity contribution is 0.0319. The first-order valence-electron chi connectivity index (χ1n) is 9.23. The Balaban J connectivity index is 1.62. The summed E-state index contributed by atoms with van der Waals surface area (Å²) in [5.74, 6) is -1.08. The highest BCUT2D eigenvalue weighted by atomic mass is 16.5. The maximum atomic E-state index is 12.4. The molecule has 0 heterocycles. The van der Waals surface area contributed by atoms with E-state index in [2.05, 4.69) is 5.32 Å². The van der Waals surface area contributed by atoms with Crippen molar-refractivity contribution in [2.75, 3.05) is 5.32 Å². The van der Waals surface area contributed by atoms with Crippen molar-refractivity contribution in [3.05, 3.63) is 101 Å². The highest BCUT2D eigenvalue weighted by molar-refractivity contribution is 6.05. The smallest absolute Gasteiger partial charge is 0.338 e. The Morgan fingerprint density at radius 1 is 0.793 bits per heavy atom. The van der Waals surface area contributed by atoms with E-state index in [1.165, 1.54) is 0 Å². The fourth-order valence-corrected chi connectivity index (χ4v) is 2.83. The lowest BCUT2D eigenvalue weighted by Crippen LogP contribution is -2.24. The molecular formula is C24H21NO4. The number of ketones is 1. The predicted octanol–water partition coefficient (Wildman–Crippen LogP) is 4.68. The molecule has 0 radical (unpaired) electrons. The molecule has 0 aromatic heterocycles. The number of rotatable bonds is 6. The van der Waals surface area contributed by atoms with Crippen LogP contribution in [0.15, 0.2) is 78.9 Å². The summed E-state index contributed by atoms with van der Waals surface area (Å²) in [6, 6.07) is 22.3. The third-order valence-corrected chi connectivity index (χ3v) is 4.48. The summed E-state index contributed by atoms with van der Waals surface area (Å²) in [4.78, 5) is 37.0. The zero-order chi connectivity index (χ0) is 20.8. The Morgan fingerprint density at radius 3 is 2.07 bits per heavy atom. The third kappa shape index (κ3) is 4.96. The van der Waals surface area contributed by atoms with E-state index in [4.69, 9.17) is 4.74 Å². The number of Topliss-reactive ketones (excluding diaryl/α,β-unsaturated/α-hetero) is 1. The molecule has 0 aliphatic rings. The Bertz CT molecular complexity index is 1030. The zero-order valence-electron chi connectivity index (χ0n) is 16.2. The molecule has 0 aliphatic heterocycles. The van der Waals surface area contributed by atoms with Crippen LogP contribution in [-0.2, 0) is 4.74 Å². The third-order valence-electron chi connectivity index (χ3n) is 4.48. The van der Waals surface area contributed by atoms with Gasteiger partial charge >= 0.3 is 5.97 Å². The number of hydrogen-bond donors (Lipinski definition) is 1. The van der Waals surface area contributed by atoms with Crippen LogP contribution in [0.1, 0.15) is 43.6 Å². The van der Waals surface area contributed by atoms with Crippen molar-refractivity contribution in [2.45, 2.75) is 20.0 Å². The normalized spacial score (nSPS) is 11.4. The van der Waals surface area contributed by atoms with Crippen molar-refractivity contribution in [1.29, 1.82) is 0 Å². The van der Waals surface area contributed by atoms with Gasteiger partial charge in [0.2, 0.25) is 5.78 Å². The van der Waals surface area contributed by atoms with Crippen LogP contribution >= 0.6 is 0 Å². The molecule has 3 aromatic carbocycles. The van der Waals surface area contributed by atoms with Crippen LogP contribution in [0.25, 0.3) is 0 Å². The SMILES string of the molecule is Cc1ccccc1C(=O)Nc1ccc(C(=O)OC(C)C(=O)c2ccccc2)cc1. The molecule has 3 rings (SSSR count). The number of hydrogen-bond acceptors (Lipinski definition) is 4. The monoisotopic (exact) mass is 387 g/mol. The largest absolute Gasteiger partial charge is 0.451 e. The van der Waals surface area contributed by atoms with Gasteiger partial charge in [0.25, 0.3) is 5.91 Å². The highest BCUT2D eigenvalue weighted by Crippen LogP contribution is 2.15.